The van der Waals surface area contributed by atoms with E-state index in [-0.39, 0.29) is 18.6 Å². The molecule has 0 spiro atoms. The van der Waals surface area contributed by atoms with Gasteiger partial charge in [-0.1, -0.05) is 13.2 Å². The Morgan fingerprint density at radius 2 is 2.00 bits per heavy atom. The number of rotatable bonds is 3. The molecule has 2 rings (SSSR count). The van der Waals surface area contributed by atoms with E-state index in [4.69, 9.17) is 14.2 Å². The molecule has 0 amide bonds. The molecule has 0 bridgehead atoms. The summed E-state index contributed by atoms with van der Waals surface area (Å²) in [7, 11) is 0. The number of carbonyl (C=O) groups excluding carboxylic acids is 3. The predicted octanol–water partition coefficient (Wildman–Crippen LogP) is 1.61. The zero-order valence-corrected chi connectivity index (χ0v) is 15.0. The molecule has 4 atom stereocenters. The molecule has 0 saturated carbocycles. The van der Waals surface area contributed by atoms with Crippen molar-refractivity contribution in [3.05, 3.63) is 36.0 Å². The Morgan fingerprint density at radius 3 is 2.62 bits per heavy atom. The summed E-state index contributed by atoms with van der Waals surface area (Å²) in [5.74, 6) is -2.11. The average molecular weight is 364 g/mol. The van der Waals surface area contributed by atoms with E-state index < -0.39 is 42.1 Å². The van der Waals surface area contributed by atoms with E-state index in [0.717, 1.165) is 0 Å². The van der Waals surface area contributed by atoms with Crippen molar-refractivity contribution in [2.75, 3.05) is 6.61 Å². The highest BCUT2D eigenvalue weighted by atomic mass is 16.6. The van der Waals surface area contributed by atoms with Crippen LogP contribution in [0.5, 0.6) is 0 Å². The highest BCUT2D eigenvalue weighted by Gasteiger charge is 2.44. The van der Waals surface area contributed by atoms with Crippen LogP contribution in [0.1, 0.15) is 33.1 Å². The van der Waals surface area contributed by atoms with Crippen LogP contribution in [0.3, 0.4) is 0 Å². The molecule has 1 aliphatic heterocycles. The van der Waals surface area contributed by atoms with E-state index in [2.05, 4.69) is 13.2 Å². The maximum atomic E-state index is 12.0. The summed E-state index contributed by atoms with van der Waals surface area (Å²) in [6.07, 6.45) is 0.475. The van der Waals surface area contributed by atoms with E-state index in [1.54, 1.807) is 6.08 Å². The smallest absolute Gasteiger partial charge is 0.334 e. The van der Waals surface area contributed by atoms with E-state index in [1.807, 2.05) is 0 Å². The Kier molecular flexibility index (Phi) is 6.37. The van der Waals surface area contributed by atoms with Gasteiger partial charge in [0.1, 0.15) is 18.8 Å². The Hall–Kier alpha value is -2.41. The topological polar surface area (TPSA) is 99.1 Å². The zero-order valence-electron chi connectivity index (χ0n) is 15.0. The molecule has 1 fully saturated rings. The second-order valence-corrected chi connectivity index (χ2v) is 6.59. The minimum atomic E-state index is -0.809. The minimum absolute atomic E-state index is 0.0278. The predicted molar refractivity (Wildman–Crippen MR) is 91.8 cm³/mol. The first-order valence-corrected chi connectivity index (χ1v) is 8.44. The molecule has 0 unspecified atom stereocenters. The van der Waals surface area contributed by atoms with Gasteiger partial charge in [0.2, 0.25) is 0 Å². The molecule has 2 aliphatic rings. The van der Waals surface area contributed by atoms with Crippen molar-refractivity contribution in [2.45, 2.75) is 51.4 Å². The lowest BCUT2D eigenvalue weighted by molar-refractivity contribution is -0.149. The molecular weight excluding hydrogens is 340 g/mol. The number of hydrogen-bond donors (Lipinski definition) is 1. The third-order valence-electron chi connectivity index (χ3n) is 4.51. The summed E-state index contributed by atoms with van der Waals surface area (Å²) in [6, 6.07) is 0. The molecule has 142 valence electrons. The fourth-order valence-corrected chi connectivity index (χ4v) is 3.19. The third kappa shape index (κ3) is 4.82. The summed E-state index contributed by atoms with van der Waals surface area (Å²) in [5, 5.41) is 10.3. The van der Waals surface area contributed by atoms with Crippen LogP contribution in [0.2, 0.25) is 0 Å². The number of aliphatic hydroxyl groups is 1. The molecule has 1 aliphatic carbocycles. The van der Waals surface area contributed by atoms with Gasteiger partial charge in [-0.2, -0.15) is 0 Å². The van der Waals surface area contributed by atoms with Crippen LogP contribution in [0.4, 0.5) is 0 Å². The number of carbonyl (C=O) groups is 3. The molecule has 0 aromatic rings. The first kappa shape index (κ1) is 19.9. The third-order valence-corrected chi connectivity index (χ3v) is 4.51. The number of fused-ring (bicyclic) bond motifs is 1. The van der Waals surface area contributed by atoms with Crippen molar-refractivity contribution in [1.29, 1.82) is 0 Å². The second kappa shape index (κ2) is 8.31. The maximum Gasteiger partial charge on any atom is 0.334 e. The molecule has 7 heteroatoms. The summed E-state index contributed by atoms with van der Waals surface area (Å²) < 4.78 is 15.8. The summed E-state index contributed by atoms with van der Waals surface area (Å²) >= 11 is 0. The quantitative estimate of drug-likeness (QED) is 0.351. The van der Waals surface area contributed by atoms with Gasteiger partial charge in [-0.05, 0) is 30.1 Å². The van der Waals surface area contributed by atoms with Gasteiger partial charge in [-0.25, -0.2) is 4.79 Å². The minimum Gasteiger partial charge on any atom is -0.461 e. The summed E-state index contributed by atoms with van der Waals surface area (Å²) in [4.78, 5) is 34.7. The Labute approximate surface area is 152 Å². The van der Waals surface area contributed by atoms with Crippen LogP contribution in [0.25, 0.3) is 0 Å². The van der Waals surface area contributed by atoms with Crippen molar-refractivity contribution < 1.29 is 33.7 Å². The van der Waals surface area contributed by atoms with Gasteiger partial charge in [0.25, 0.3) is 0 Å². The molecule has 1 heterocycles. The van der Waals surface area contributed by atoms with Crippen molar-refractivity contribution in [3.63, 3.8) is 0 Å². The van der Waals surface area contributed by atoms with Crippen molar-refractivity contribution in [3.8, 4) is 0 Å². The van der Waals surface area contributed by atoms with Crippen molar-refractivity contribution >= 4 is 17.9 Å². The van der Waals surface area contributed by atoms with Gasteiger partial charge in [-0.15, -0.1) is 0 Å². The van der Waals surface area contributed by atoms with Gasteiger partial charge >= 0.3 is 17.9 Å². The van der Waals surface area contributed by atoms with Crippen LogP contribution in [0.15, 0.2) is 36.0 Å². The second-order valence-electron chi connectivity index (χ2n) is 6.59. The first-order valence-electron chi connectivity index (χ1n) is 8.44. The van der Waals surface area contributed by atoms with Crippen LogP contribution in [0, 0.1) is 5.92 Å². The van der Waals surface area contributed by atoms with E-state index >= 15 is 0 Å². The van der Waals surface area contributed by atoms with Gasteiger partial charge in [-0.3, -0.25) is 9.59 Å². The Morgan fingerprint density at radius 1 is 1.31 bits per heavy atom. The standard InChI is InChI=1S/C19H24O7/c1-10-7-16(25-13(4)21)18-11(2)19(23)26-17(18)8-14(5-6-15(10)22)9-24-12(3)20/h8,15-18,22H,1-2,5-7,9H2,3-4H3/b14-8-/t15-,16+,17-,18-/m1/s1. The van der Waals surface area contributed by atoms with Gasteiger partial charge in [0.05, 0.1) is 12.0 Å². The summed E-state index contributed by atoms with van der Waals surface area (Å²) in [6.45, 7) is 10.3. The lowest BCUT2D eigenvalue weighted by Gasteiger charge is -2.29. The van der Waals surface area contributed by atoms with Gasteiger partial charge < -0.3 is 19.3 Å². The average Bonchev–Trinajstić information content (AvgIpc) is 2.82. The first-order chi connectivity index (χ1) is 12.2. The van der Waals surface area contributed by atoms with Crippen LogP contribution in [-0.2, 0) is 28.6 Å². The van der Waals surface area contributed by atoms with Crippen molar-refractivity contribution in [1.82, 2.24) is 0 Å². The summed E-state index contributed by atoms with van der Waals surface area (Å²) in [5.41, 5.74) is 1.40. The lowest BCUT2D eigenvalue weighted by atomic mass is 9.83. The normalized spacial score (nSPS) is 31.3. The molecule has 7 nitrogen and oxygen atoms in total. The molecular formula is C19H24O7. The molecule has 0 radical (unpaired) electrons. The number of esters is 3. The van der Waals surface area contributed by atoms with Crippen molar-refractivity contribution in [2.24, 2.45) is 5.92 Å². The Balaban J connectivity index is 2.39. The highest BCUT2D eigenvalue weighted by molar-refractivity contribution is 5.91. The SMILES string of the molecule is C=C1C(=O)O[C@@H]2/C=C(\COC(C)=O)CC[C@@H](O)C(=C)C[C@H](OC(C)=O)[C@@H]12. The van der Waals surface area contributed by atoms with Crippen LogP contribution < -0.4 is 0 Å². The van der Waals surface area contributed by atoms with Gasteiger partial charge in [0, 0.05) is 25.8 Å². The lowest BCUT2D eigenvalue weighted by Crippen LogP contribution is -2.34. The zero-order chi connectivity index (χ0) is 19.4. The molecule has 1 saturated heterocycles. The fraction of sp³-hybridized carbons (Fsp3) is 0.526. The largest absolute Gasteiger partial charge is 0.461 e. The van der Waals surface area contributed by atoms with Crippen LogP contribution in [-0.4, -0.2) is 47.9 Å². The van der Waals surface area contributed by atoms with Gasteiger partial charge in [0.15, 0.2) is 0 Å². The Bertz CT molecular complexity index is 661. The number of hydrogen-bond acceptors (Lipinski definition) is 7. The monoisotopic (exact) mass is 364 g/mol. The number of ether oxygens (including phenoxy) is 3. The molecule has 1 N–H and O–H groups in total. The number of aliphatic hydroxyl groups excluding tert-OH is 1. The van der Waals surface area contributed by atoms with Crippen LogP contribution >= 0.6 is 0 Å². The molecule has 26 heavy (non-hydrogen) atoms. The highest BCUT2D eigenvalue weighted by Crippen LogP contribution is 2.37. The maximum absolute atomic E-state index is 12.0. The van der Waals surface area contributed by atoms with E-state index in [9.17, 15) is 19.5 Å². The van der Waals surface area contributed by atoms with E-state index in [1.165, 1.54) is 13.8 Å². The fourth-order valence-electron chi connectivity index (χ4n) is 3.19. The molecule has 0 aromatic heterocycles. The van der Waals surface area contributed by atoms with E-state index in [0.29, 0.717) is 24.0 Å². The molecule has 0 aromatic carbocycles.